The fourth-order valence-electron chi connectivity index (χ4n) is 5.71. The third-order valence-corrected chi connectivity index (χ3v) is 8.50. The minimum atomic E-state index is -1.27. The second-order valence-corrected chi connectivity index (χ2v) is 13.4. The molecule has 13 heteroatoms. The average molecular weight is 679 g/mol. The van der Waals surface area contributed by atoms with Crippen LogP contribution < -0.4 is 31.3 Å². The van der Waals surface area contributed by atoms with Gasteiger partial charge in [-0.1, -0.05) is 64.1 Å². The van der Waals surface area contributed by atoms with Gasteiger partial charge in [0, 0.05) is 26.2 Å². The van der Waals surface area contributed by atoms with Gasteiger partial charge in [0.1, 0.15) is 30.5 Å². The highest BCUT2D eigenvalue weighted by atomic mass is 16.5. The molecular weight excluding hydrogens is 628 g/mol. The molecule has 0 spiro atoms. The Hall–Kier alpha value is -4.49. The van der Waals surface area contributed by atoms with E-state index in [1.165, 1.54) is 0 Å². The molecule has 4 rings (SSSR count). The molecule has 266 valence electrons. The van der Waals surface area contributed by atoms with E-state index in [9.17, 15) is 24.0 Å². The number of hydrogen-bond donors (Lipinski definition) is 5. The first-order valence-corrected chi connectivity index (χ1v) is 17.0. The standard InChI is InChI=1S/C36H50N6O7/c1-22(2)31-36(47)41-32(23(3)4)35(46)38-24(5)21-49-29-12-7-6-11-27(29)33(44)39-28(18-30(43)40-31)34(45)37-19-25-9-8-10-26(17-25)20-42-13-15-48-16-14-42/h6-12,17,22-24,28,31-32H,13-16,18-21H2,1-5H3,(H,37,45)(H,38,46)(H,39,44)(H,40,43)(H,41,47)/t24-,28-,31-,32+/m0/s1. The highest BCUT2D eigenvalue weighted by Gasteiger charge is 2.33. The summed E-state index contributed by atoms with van der Waals surface area (Å²) in [5.74, 6) is -3.06. The fourth-order valence-corrected chi connectivity index (χ4v) is 5.71. The van der Waals surface area contributed by atoms with E-state index in [-0.39, 0.29) is 36.3 Å². The predicted molar refractivity (Wildman–Crippen MR) is 183 cm³/mol. The van der Waals surface area contributed by atoms with Gasteiger partial charge in [-0.2, -0.15) is 0 Å². The lowest BCUT2D eigenvalue weighted by atomic mass is 9.99. The summed E-state index contributed by atoms with van der Waals surface area (Å²) < 4.78 is 11.4. The number of rotatable bonds is 7. The Morgan fingerprint density at radius 2 is 1.51 bits per heavy atom. The van der Waals surface area contributed by atoms with Crippen LogP contribution >= 0.6 is 0 Å². The fraction of sp³-hybridized carbons (Fsp3) is 0.528. The molecule has 5 amide bonds. The first-order valence-electron chi connectivity index (χ1n) is 17.0. The second kappa shape index (κ2) is 17.8. The minimum absolute atomic E-state index is 0.0397. The third-order valence-electron chi connectivity index (χ3n) is 8.50. The van der Waals surface area contributed by atoms with E-state index < -0.39 is 60.1 Å². The number of hydrogen-bond acceptors (Lipinski definition) is 8. The Bertz CT molecular complexity index is 1480. The van der Waals surface area contributed by atoms with Gasteiger partial charge in [-0.15, -0.1) is 0 Å². The van der Waals surface area contributed by atoms with Gasteiger partial charge in [-0.25, -0.2) is 0 Å². The summed E-state index contributed by atoms with van der Waals surface area (Å²) in [5.41, 5.74) is 2.13. The molecule has 1 fully saturated rings. The van der Waals surface area contributed by atoms with E-state index in [1.54, 1.807) is 45.0 Å². The Labute approximate surface area is 288 Å². The molecule has 49 heavy (non-hydrogen) atoms. The Morgan fingerprint density at radius 3 is 2.22 bits per heavy atom. The lowest BCUT2D eigenvalue weighted by Gasteiger charge is -2.28. The summed E-state index contributed by atoms with van der Waals surface area (Å²) >= 11 is 0. The lowest BCUT2D eigenvalue weighted by molar-refractivity contribution is -0.134. The number of fused-ring (bicyclic) bond motifs is 1. The Morgan fingerprint density at radius 1 is 0.857 bits per heavy atom. The first kappa shape index (κ1) is 37.3. The molecule has 1 saturated heterocycles. The molecule has 13 nitrogen and oxygen atoms in total. The van der Waals surface area contributed by atoms with E-state index in [0.29, 0.717) is 13.2 Å². The van der Waals surface area contributed by atoms with Crippen molar-refractivity contribution in [3.63, 3.8) is 0 Å². The molecular formula is C36H50N6O7. The van der Waals surface area contributed by atoms with Crippen LogP contribution in [-0.4, -0.2) is 91.5 Å². The summed E-state index contributed by atoms with van der Waals surface area (Å²) in [5, 5.41) is 14.0. The van der Waals surface area contributed by atoms with E-state index in [0.717, 1.165) is 30.8 Å². The maximum Gasteiger partial charge on any atom is 0.255 e. The van der Waals surface area contributed by atoms with Crippen molar-refractivity contribution < 1.29 is 33.4 Å². The number of benzene rings is 2. The molecule has 0 unspecified atom stereocenters. The monoisotopic (exact) mass is 678 g/mol. The van der Waals surface area contributed by atoms with Crippen LogP contribution in [0.1, 0.15) is 62.5 Å². The van der Waals surface area contributed by atoms with E-state index in [1.807, 2.05) is 38.1 Å². The van der Waals surface area contributed by atoms with Crippen LogP contribution in [0.15, 0.2) is 48.5 Å². The summed E-state index contributed by atoms with van der Waals surface area (Å²) in [7, 11) is 0. The zero-order valence-electron chi connectivity index (χ0n) is 29.0. The molecule has 2 aliphatic rings. The maximum atomic E-state index is 13.7. The Kier molecular flexibility index (Phi) is 13.5. The van der Waals surface area contributed by atoms with Gasteiger partial charge in [0.25, 0.3) is 5.91 Å². The molecule has 2 aromatic rings. The van der Waals surface area contributed by atoms with Crippen molar-refractivity contribution >= 4 is 29.5 Å². The summed E-state index contributed by atoms with van der Waals surface area (Å²) in [6.45, 7) is 13.0. The number of para-hydroxylation sites is 1. The van der Waals surface area contributed by atoms with Gasteiger partial charge < -0.3 is 36.1 Å². The van der Waals surface area contributed by atoms with Crippen molar-refractivity contribution in [2.75, 3.05) is 32.9 Å². The third kappa shape index (κ3) is 11.0. The summed E-state index contributed by atoms with van der Waals surface area (Å²) in [6, 6.07) is 10.8. The molecule has 0 aromatic heterocycles. The summed E-state index contributed by atoms with van der Waals surface area (Å²) in [4.78, 5) is 69.7. The number of amides is 5. The van der Waals surface area contributed by atoms with Crippen LogP contribution in [0.4, 0.5) is 0 Å². The number of nitrogens with zero attached hydrogens (tertiary/aromatic N) is 1. The number of nitrogens with one attached hydrogen (secondary N) is 5. The number of ether oxygens (including phenoxy) is 2. The van der Waals surface area contributed by atoms with Gasteiger partial charge in [0.15, 0.2) is 0 Å². The van der Waals surface area contributed by atoms with Crippen LogP contribution in [0, 0.1) is 11.8 Å². The molecule has 2 aliphatic heterocycles. The second-order valence-electron chi connectivity index (χ2n) is 13.4. The zero-order valence-corrected chi connectivity index (χ0v) is 29.0. The molecule has 0 saturated carbocycles. The van der Waals surface area contributed by atoms with E-state index in [4.69, 9.17) is 9.47 Å². The van der Waals surface area contributed by atoms with Crippen LogP contribution in [0.25, 0.3) is 0 Å². The van der Waals surface area contributed by atoms with Crippen molar-refractivity contribution in [2.45, 2.75) is 78.3 Å². The molecule has 5 N–H and O–H groups in total. The van der Waals surface area contributed by atoms with Gasteiger partial charge in [-0.05, 0) is 42.0 Å². The highest BCUT2D eigenvalue weighted by Crippen LogP contribution is 2.19. The van der Waals surface area contributed by atoms with E-state index in [2.05, 4.69) is 31.5 Å². The topological polar surface area (TPSA) is 167 Å². The smallest absolute Gasteiger partial charge is 0.255 e. The lowest BCUT2D eigenvalue weighted by Crippen LogP contribution is -2.58. The van der Waals surface area contributed by atoms with Crippen molar-refractivity contribution in [2.24, 2.45) is 11.8 Å². The molecule has 4 atom stereocenters. The normalized spacial score (nSPS) is 23.3. The SMILES string of the molecule is CC(C)[C@@H]1NC(=O)C[C@@H](C(=O)NCc2cccc(CN3CCOCC3)c2)NC(=O)c2ccccc2OC[C@H](C)NC(=O)[C@@H](C(C)C)NC1=O. The van der Waals surface area contributed by atoms with Crippen molar-refractivity contribution in [3.05, 3.63) is 65.2 Å². The van der Waals surface area contributed by atoms with Crippen LogP contribution in [0.2, 0.25) is 0 Å². The van der Waals surface area contributed by atoms with Crippen LogP contribution in [-0.2, 0) is 37.0 Å². The number of morpholine rings is 1. The van der Waals surface area contributed by atoms with Crippen molar-refractivity contribution in [1.82, 2.24) is 31.5 Å². The molecule has 0 aliphatic carbocycles. The zero-order chi connectivity index (χ0) is 35.5. The predicted octanol–water partition coefficient (Wildman–Crippen LogP) is 1.50. The van der Waals surface area contributed by atoms with Gasteiger partial charge in [-0.3, -0.25) is 28.9 Å². The molecule has 2 heterocycles. The van der Waals surface area contributed by atoms with Crippen molar-refractivity contribution in [3.8, 4) is 5.75 Å². The quantitative estimate of drug-likeness (QED) is 0.294. The average Bonchev–Trinajstić information content (AvgIpc) is 3.07. The molecule has 2 aromatic carbocycles. The highest BCUT2D eigenvalue weighted by molar-refractivity contribution is 6.01. The van der Waals surface area contributed by atoms with Gasteiger partial charge in [0.05, 0.1) is 31.2 Å². The van der Waals surface area contributed by atoms with Crippen molar-refractivity contribution in [1.29, 1.82) is 0 Å². The molecule has 0 radical (unpaired) electrons. The Balaban J connectivity index is 1.56. The number of carbonyl (C=O) groups excluding carboxylic acids is 5. The van der Waals surface area contributed by atoms with Gasteiger partial charge >= 0.3 is 0 Å². The molecule has 0 bridgehead atoms. The first-order chi connectivity index (χ1) is 23.4. The van der Waals surface area contributed by atoms with E-state index >= 15 is 0 Å². The maximum absolute atomic E-state index is 13.7. The van der Waals surface area contributed by atoms with Gasteiger partial charge in [0.2, 0.25) is 23.6 Å². The van der Waals surface area contributed by atoms with Crippen LogP contribution in [0.5, 0.6) is 5.75 Å². The number of carbonyl (C=O) groups is 5. The van der Waals surface area contributed by atoms with Crippen LogP contribution in [0.3, 0.4) is 0 Å². The largest absolute Gasteiger partial charge is 0.491 e. The minimum Gasteiger partial charge on any atom is -0.491 e. The summed E-state index contributed by atoms with van der Waals surface area (Å²) in [6.07, 6.45) is -0.431.